The number of hydrogen-bond acceptors (Lipinski definition) is 4. The van der Waals surface area contributed by atoms with Crippen LogP contribution in [0.1, 0.15) is 16.1 Å². The Hall–Kier alpha value is -1.35. The quantitative estimate of drug-likeness (QED) is 0.698. The maximum atomic E-state index is 12.3. The maximum absolute atomic E-state index is 12.3. The highest BCUT2D eigenvalue weighted by Gasteiger charge is 2.40. The molecule has 3 rings (SSSR count). The summed E-state index contributed by atoms with van der Waals surface area (Å²) in [5.74, 6) is 0.195. The van der Waals surface area contributed by atoms with Crippen molar-refractivity contribution in [1.82, 2.24) is 4.90 Å². The average molecular weight is 431 g/mol. The molecule has 116 valence electrons. The summed E-state index contributed by atoms with van der Waals surface area (Å²) in [6, 6.07) is 10.6. The molecule has 1 aromatic carbocycles. The molecule has 0 unspecified atom stereocenters. The normalized spacial score (nSPS) is 15.6. The van der Waals surface area contributed by atoms with Gasteiger partial charge in [0.2, 0.25) is 0 Å². The van der Waals surface area contributed by atoms with Crippen LogP contribution < -0.4 is 0 Å². The summed E-state index contributed by atoms with van der Waals surface area (Å²) in [5.41, 5.74) is 0.591. The molecule has 1 fully saturated rings. The Labute approximate surface area is 142 Å². The Balaban J connectivity index is 1.63. The summed E-state index contributed by atoms with van der Waals surface area (Å²) in [5, 5.41) is -0.510. The van der Waals surface area contributed by atoms with Gasteiger partial charge in [-0.1, -0.05) is 6.07 Å². The first kappa shape index (κ1) is 15.5. The van der Waals surface area contributed by atoms with Gasteiger partial charge in [-0.2, -0.15) is 0 Å². The van der Waals surface area contributed by atoms with Gasteiger partial charge in [-0.15, -0.1) is 0 Å². The lowest BCUT2D eigenvalue weighted by atomic mass is 10.1. The van der Waals surface area contributed by atoms with E-state index < -0.39 is 15.1 Å². The fraction of sp³-hybridized carbons (Fsp3) is 0.267. The number of halogens is 1. The molecule has 0 bridgehead atoms. The van der Waals surface area contributed by atoms with Crippen LogP contribution in [0.2, 0.25) is 0 Å². The fourth-order valence-electron chi connectivity index (χ4n) is 2.35. The second-order valence-corrected chi connectivity index (χ2v) is 8.76. The molecule has 0 spiro atoms. The third-order valence-electron chi connectivity index (χ3n) is 3.64. The Bertz CT molecular complexity index is 780. The van der Waals surface area contributed by atoms with Crippen molar-refractivity contribution >= 4 is 38.3 Å². The van der Waals surface area contributed by atoms with Crippen LogP contribution in [0.15, 0.2) is 47.1 Å². The molecule has 1 aliphatic heterocycles. The van der Waals surface area contributed by atoms with Crippen LogP contribution in [0.25, 0.3) is 0 Å². The van der Waals surface area contributed by atoms with Crippen LogP contribution in [0.4, 0.5) is 0 Å². The Kier molecular flexibility index (Phi) is 4.26. The summed E-state index contributed by atoms with van der Waals surface area (Å²) in [6.45, 7) is 0.487. The zero-order valence-electron chi connectivity index (χ0n) is 11.6. The molecule has 0 aliphatic carbocycles. The van der Waals surface area contributed by atoms with E-state index in [1.165, 1.54) is 6.26 Å². The maximum Gasteiger partial charge on any atom is 0.253 e. The lowest BCUT2D eigenvalue weighted by Gasteiger charge is -2.38. The van der Waals surface area contributed by atoms with Crippen LogP contribution in [0, 0.1) is 3.57 Å². The number of nitrogens with zero attached hydrogens (tertiary/aromatic N) is 1. The van der Waals surface area contributed by atoms with E-state index in [-0.39, 0.29) is 24.7 Å². The molecule has 0 atom stereocenters. The molecule has 0 saturated carbocycles. The van der Waals surface area contributed by atoms with Gasteiger partial charge < -0.3 is 9.32 Å². The van der Waals surface area contributed by atoms with E-state index in [1.54, 1.807) is 29.2 Å². The number of benzene rings is 1. The van der Waals surface area contributed by atoms with Crippen molar-refractivity contribution in [2.24, 2.45) is 0 Å². The largest absolute Gasteiger partial charge is 0.468 e. The first-order valence-corrected chi connectivity index (χ1v) is 9.54. The molecular formula is C15H14INO4S. The van der Waals surface area contributed by atoms with Gasteiger partial charge in [-0.25, -0.2) is 8.42 Å². The van der Waals surface area contributed by atoms with Crippen LogP contribution in [-0.2, 0) is 15.6 Å². The number of carbonyl (C=O) groups excluding carboxylic acids is 1. The predicted molar refractivity (Wildman–Crippen MR) is 90.2 cm³/mol. The van der Waals surface area contributed by atoms with Crippen molar-refractivity contribution in [2.75, 3.05) is 13.1 Å². The van der Waals surface area contributed by atoms with E-state index in [1.807, 2.05) is 12.1 Å². The molecule has 0 N–H and O–H groups in total. The third kappa shape index (κ3) is 3.19. The molecule has 1 aliphatic rings. The first-order valence-electron chi connectivity index (χ1n) is 6.74. The lowest BCUT2D eigenvalue weighted by Crippen LogP contribution is -2.57. The molecular weight excluding hydrogens is 417 g/mol. The van der Waals surface area contributed by atoms with Crippen LogP contribution in [0.5, 0.6) is 0 Å². The van der Waals surface area contributed by atoms with E-state index in [4.69, 9.17) is 4.42 Å². The van der Waals surface area contributed by atoms with E-state index in [0.717, 1.165) is 3.57 Å². The fourth-order valence-corrected chi connectivity index (χ4v) is 4.50. The van der Waals surface area contributed by atoms with E-state index in [2.05, 4.69) is 22.6 Å². The molecule has 0 radical (unpaired) electrons. The van der Waals surface area contributed by atoms with Gasteiger partial charge in [-0.3, -0.25) is 4.79 Å². The smallest absolute Gasteiger partial charge is 0.253 e. The zero-order valence-corrected chi connectivity index (χ0v) is 14.6. The lowest BCUT2D eigenvalue weighted by molar-refractivity contribution is 0.0658. The van der Waals surface area contributed by atoms with Crippen molar-refractivity contribution in [1.29, 1.82) is 0 Å². The average Bonchev–Trinajstić information content (AvgIpc) is 2.88. The predicted octanol–water partition coefficient (Wildman–Crippen LogP) is 2.32. The minimum absolute atomic E-state index is 0.115. The molecule has 1 saturated heterocycles. The summed E-state index contributed by atoms with van der Waals surface area (Å²) >= 11 is 2.14. The van der Waals surface area contributed by atoms with Crippen molar-refractivity contribution in [3.8, 4) is 0 Å². The first-order chi connectivity index (χ1) is 10.5. The van der Waals surface area contributed by atoms with Gasteiger partial charge >= 0.3 is 0 Å². The number of hydrogen-bond donors (Lipinski definition) is 0. The van der Waals surface area contributed by atoms with Gasteiger partial charge in [-0.05, 0) is 52.9 Å². The number of likely N-dealkylation sites (tertiary alicyclic amines) is 1. The van der Waals surface area contributed by atoms with Crippen molar-refractivity contribution in [3.05, 3.63) is 57.6 Å². The standard InChI is InChI=1S/C15H14INO4S/c16-12-4-1-3-11(7-12)15(18)17-8-14(9-17)22(19,20)10-13-5-2-6-21-13/h1-7,14H,8-10H2. The van der Waals surface area contributed by atoms with E-state index in [0.29, 0.717) is 11.3 Å². The molecule has 1 amide bonds. The van der Waals surface area contributed by atoms with Crippen molar-refractivity contribution in [2.45, 2.75) is 11.0 Å². The van der Waals surface area contributed by atoms with Gasteiger partial charge in [0, 0.05) is 22.2 Å². The second kappa shape index (κ2) is 6.04. The van der Waals surface area contributed by atoms with Gasteiger partial charge in [0.15, 0.2) is 9.84 Å². The van der Waals surface area contributed by atoms with Gasteiger partial charge in [0.1, 0.15) is 11.5 Å². The minimum atomic E-state index is -3.29. The Morgan fingerprint density at radius 3 is 2.68 bits per heavy atom. The highest BCUT2D eigenvalue weighted by atomic mass is 127. The summed E-state index contributed by atoms with van der Waals surface area (Å²) in [7, 11) is -3.29. The van der Waals surface area contributed by atoms with Gasteiger partial charge in [0.05, 0.1) is 11.5 Å². The van der Waals surface area contributed by atoms with Crippen LogP contribution in [-0.4, -0.2) is 37.6 Å². The number of rotatable bonds is 4. The van der Waals surface area contributed by atoms with Crippen LogP contribution >= 0.6 is 22.6 Å². The van der Waals surface area contributed by atoms with Crippen molar-refractivity contribution < 1.29 is 17.6 Å². The van der Waals surface area contributed by atoms with Crippen molar-refractivity contribution in [3.63, 3.8) is 0 Å². The number of carbonyl (C=O) groups is 1. The van der Waals surface area contributed by atoms with E-state index >= 15 is 0 Å². The molecule has 1 aromatic heterocycles. The molecule has 2 heterocycles. The van der Waals surface area contributed by atoms with E-state index in [9.17, 15) is 13.2 Å². The second-order valence-electron chi connectivity index (χ2n) is 5.23. The number of furan rings is 1. The monoisotopic (exact) mass is 431 g/mol. The minimum Gasteiger partial charge on any atom is -0.468 e. The topological polar surface area (TPSA) is 67.6 Å². The van der Waals surface area contributed by atoms with Crippen LogP contribution in [0.3, 0.4) is 0 Å². The summed E-state index contributed by atoms with van der Waals surface area (Å²) < 4.78 is 30.5. The molecule has 22 heavy (non-hydrogen) atoms. The molecule has 2 aromatic rings. The summed E-state index contributed by atoms with van der Waals surface area (Å²) in [4.78, 5) is 13.8. The molecule has 5 nitrogen and oxygen atoms in total. The summed E-state index contributed by atoms with van der Waals surface area (Å²) in [6.07, 6.45) is 1.46. The zero-order chi connectivity index (χ0) is 15.7. The van der Waals surface area contributed by atoms with Gasteiger partial charge in [0.25, 0.3) is 5.91 Å². The molecule has 7 heteroatoms. The SMILES string of the molecule is O=C(c1cccc(I)c1)N1CC(S(=O)(=O)Cc2ccco2)C1. The Morgan fingerprint density at radius 2 is 2.05 bits per heavy atom. The third-order valence-corrected chi connectivity index (χ3v) is 6.31. The Morgan fingerprint density at radius 1 is 1.27 bits per heavy atom. The highest BCUT2D eigenvalue weighted by Crippen LogP contribution is 2.23. The number of sulfone groups is 1. The highest BCUT2D eigenvalue weighted by molar-refractivity contribution is 14.1. The number of amides is 1.